The fourth-order valence-corrected chi connectivity index (χ4v) is 3.04. The number of fused-ring (bicyclic) bond motifs is 1. The summed E-state index contributed by atoms with van der Waals surface area (Å²) in [5.41, 5.74) is 4.72. The molecule has 1 aliphatic rings. The third-order valence-corrected chi connectivity index (χ3v) is 4.27. The Morgan fingerprint density at radius 1 is 1.48 bits per heavy atom. The highest BCUT2D eigenvalue weighted by atomic mass is 16.5. The SMILES string of the molecule is Cc1cnccc1CCNC(=O)c1n[nH]c2c1C[C@@H](C)O[C@H]2C. The average Bonchev–Trinajstić information content (AvgIpc) is 2.93. The van der Waals surface area contributed by atoms with Crippen molar-refractivity contribution in [3.63, 3.8) is 0 Å². The van der Waals surface area contributed by atoms with E-state index >= 15 is 0 Å². The van der Waals surface area contributed by atoms with Gasteiger partial charge in [0.15, 0.2) is 5.69 Å². The van der Waals surface area contributed by atoms with Crippen LogP contribution in [-0.2, 0) is 17.6 Å². The first-order valence-electron chi connectivity index (χ1n) is 7.96. The Labute approximate surface area is 135 Å². The summed E-state index contributed by atoms with van der Waals surface area (Å²) in [5.74, 6) is -0.129. The number of nitrogens with zero attached hydrogens (tertiary/aromatic N) is 2. The minimum atomic E-state index is -0.129. The highest BCUT2D eigenvalue weighted by Crippen LogP contribution is 2.29. The number of hydrogen-bond acceptors (Lipinski definition) is 4. The second kappa shape index (κ2) is 6.50. The van der Waals surface area contributed by atoms with Gasteiger partial charge in [0.05, 0.1) is 17.9 Å². The van der Waals surface area contributed by atoms with Crippen LogP contribution in [0.15, 0.2) is 18.5 Å². The smallest absolute Gasteiger partial charge is 0.272 e. The first-order valence-corrected chi connectivity index (χ1v) is 7.96. The second-order valence-corrected chi connectivity index (χ2v) is 6.07. The first kappa shape index (κ1) is 15.7. The standard InChI is InChI=1S/C17H22N4O2/c1-10-9-18-6-4-13(10)5-7-19-17(22)16-14-8-11(2)23-12(3)15(14)20-21-16/h4,6,9,11-12H,5,7-8H2,1-3H3,(H,19,22)(H,20,21)/t11-,12+/m1/s1. The molecule has 2 aromatic heterocycles. The van der Waals surface area contributed by atoms with Gasteiger partial charge in [-0.1, -0.05) is 0 Å². The molecular weight excluding hydrogens is 292 g/mol. The topological polar surface area (TPSA) is 79.9 Å². The van der Waals surface area contributed by atoms with Crippen LogP contribution in [0.5, 0.6) is 0 Å². The largest absolute Gasteiger partial charge is 0.369 e. The molecule has 3 rings (SSSR count). The maximum atomic E-state index is 12.4. The maximum absolute atomic E-state index is 12.4. The van der Waals surface area contributed by atoms with Gasteiger partial charge in [0.25, 0.3) is 5.91 Å². The molecule has 6 nitrogen and oxygen atoms in total. The van der Waals surface area contributed by atoms with Crippen molar-refractivity contribution in [2.75, 3.05) is 6.54 Å². The van der Waals surface area contributed by atoms with E-state index in [0.717, 1.165) is 23.2 Å². The number of pyridine rings is 1. The molecule has 0 saturated heterocycles. The van der Waals surface area contributed by atoms with Crippen LogP contribution >= 0.6 is 0 Å². The Balaban J connectivity index is 1.65. The van der Waals surface area contributed by atoms with Crippen molar-refractivity contribution in [1.29, 1.82) is 0 Å². The molecule has 0 unspecified atom stereocenters. The number of carbonyl (C=O) groups excluding carboxylic acids is 1. The molecule has 23 heavy (non-hydrogen) atoms. The number of H-pyrrole nitrogens is 1. The molecule has 2 atom stereocenters. The molecule has 6 heteroatoms. The Hall–Kier alpha value is -2.21. The van der Waals surface area contributed by atoms with E-state index in [1.807, 2.05) is 33.0 Å². The highest BCUT2D eigenvalue weighted by Gasteiger charge is 2.29. The molecule has 0 spiro atoms. The van der Waals surface area contributed by atoms with E-state index in [4.69, 9.17) is 4.74 Å². The lowest BCUT2D eigenvalue weighted by molar-refractivity contribution is -0.00697. The van der Waals surface area contributed by atoms with Crippen LogP contribution in [-0.4, -0.2) is 33.7 Å². The van der Waals surface area contributed by atoms with Crippen molar-refractivity contribution < 1.29 is 9.53 Å². The van der Waals surface area contributed by atoms with Gasteiger partial charge in [-0.2, -0.15) is 5.10 Å². The van der Waals surface area contributed by atoms with Crippen LogP contribution < -0.4 is 5.32 Å². The Kier molecular flexibility index (Phi) is 4.43. The molecule has 0 saturated carbocycles. The number of carbonyl (C=O) groups is 1. The van der Waals surface area contributed by atoms with Gasteiger partial charge in [-0.05, 0) is 44.4 Å². The number of hydrogen-bond donors (Lipinski definition) is 2. The van der Waals surface area contributed by atoms with Crippen LogP contribution in [0.3, 0.4) is 0 Å². The van der Waals surface area contributed by atoms with Gasteiger partial charge in [0.1, 0.15) is 0 Å². The van der Waals surface area contributed by atoms with Crippen LogP contribution in [0, 0.1) is 6.92 Å². The zero-order chi connectivity index (χ0) is 16.4. The molecule has 2 aromatic rings. The lowest BCUT2D eigenvalue weighted by Gasteiger charge is -2.25. The van der Waals surface area contributed by atoms with Crippen LogP contribution in [0.1, 0.15) is 52.8 Å². The second-order valence-electron chi connectivity index (χ2n) is 6.07. The zero-order valence-corrected chi connectivity index (χ0v) is 13.7. The van der Waals surface area contributed by atoms with E-state index in [1.54, 1.807) is 6.20 Å². The predicted octanol–water partition coefficient (Wildman–Crippen LogP) is 2.11. The molecule has 0 aliphatic carbocycles. The number of amides is 1. The summed E-state index contributed by atoms with van der Waals surface area (Å²) in [4.78, 5) is 16.5. The molecule has 0 aromatic carbocycles. The third kappa shape index (κ3) is 3.27. The number of aryl methyl sites for hydroxylation is 1. The van der Waals surface area contributed by atoms with E-state index in [1.165, 1.54) is 5.56 Å². The fourth-order valence-electron chi connectivity index (χ4n) is 3.04. The van der Waals surface area contributed by atoms with Crippen molar-refractivity contribution in [2.24, 2.45) is 0 Å². The van der Waals surface area contributed by atoms with Crippen molar-refractivity contribution in [3.8, 4) is 0 Å². The summed E-state index contributed by atoms with van der Waals surface area (Å²) >= 11 is 0. The molecule has 0 bridgehead atoms. The lowest BCUT2D eigenvalue weighted by atomic mass is 9.99. The average molecular weight is 314 g/mol. The minimum absolute atomic E-state index is 0.0535. The molecule has 1 aliphatic heterocycles. The summed E-state index contributed by atoms with van der Waals surface area (Å²) in [6, 6.07) is 1.98. The molecule has 122 valence electrons. The minimum Gasteiger partial charge on any atom is -0.369 e. The van der Waals surface area contributed by atoms with E-state index in [-0.39, 0.29) is 18.1 Å². The van der Waals surface area contributed by atoms with Crippen LogP contribution in [0.25, 0.3) is 0 Å². The quantitative estimate of drug-likeness (QED) is 0.906. The van der Waals surface area contributed by atoms with E-state index in [0.29, 0.717) is 18.7 Å². The van der Waals surface area contributed by atoms with Gasteiger partial charge in [-0.25, -0.2) is 0 Å². The Bertz CT molecular complexity index is 710. The number of nitrogens with one attached hydrogen (secondary N) is 2. The summed E-state index contributed by atoms with van der Waals surface area (Å²) in [6.07, 6.45) is 5.15. The van der Waals surface area contributed by atoms with Crippen molar-refractivity contribution >= 4 is 5.91 Å². The molecule has 0 fully saturated rings. The van der Waals surface area contributed by atoms with Crippen molar-refractivity contribution in [2.45, 2.75) is 45.8 Å². The maximum Gasteiger partial charge on any atom is 0.272 e. The van der Waals surface area contributed by atoms with E-state index < -0.39 is 0 Å². The van der Waals surface area contributed by atoms with Crippen LogP contribution in [0.4, 0.5) is 0 Å². The normalized spacial score (nSPS) is 20.1. The fraction of sp³-hybridized carbons (Fsp3) is 0.471. The monoisotopic (exact) mass is 314 g/mol. The summed E-state index contributed by atoms with van der Waals surface area (Å²) in [6.45, 7) is 6.59. The van der Waals surface area contributed by atoms with Gasteiger partial charge in [-0.15, -0.1) is 0 Å². The van der Waals surface area contributed by atoms with E-state index in [9.17, 15) is 4.79 Å². The molecule has 0 radical (unpaired) electrons. The number of ether oxygens (including phenoxy) is 1. The first-order chi connectivity index (χ1) is 11.1. The Morgan fingerprint density at radius 3 is 3.09 bits per heavy atom. The van der Waals surface area contributed by atoms with Crippen LogP contribution in [0.2, 0.25) is 0 Å². The van der Waals surface area contributed by atoms with Gasteiger partial charge < -0.3 is 10.1 Å². The summed E-state index contributed by atoms with van der Waals surface area (Å²) in [7, 11) is 0. The summed E-state index contributed by atoms with van der Waals surface area (Å²) in [5, 5.41) is 10.1. The molecule has 3 heterocycles. The van der Waals surface area contributed by atoms with Crippen molar-refractivity contribution in [3.05, 3.63) is 46.5 Å². The van der Waals surface area contributed by atoms with Gasteiger partial charge in [0, 0.05) is 30.9 Å². The molecular formula is C17H22N4O2. The summed E-state index contributed by atoms with van der Waals surface area (Å²) < 4.78 is 5.75. The number of aromatic nitrogens is 3. The van der Waals surface area contributed by atoms with Crippen molar-refractivity contribution in [1.82, 2.24) is 20.5 Å². The zero-order valence-electron chi connectivity index (χ0n) is 13.7. The number of aromatic amines is 1. The highest BCUT2D eigenvalue weighted by molar-refractivity contribution is 5.94. The van der Waals surface area contributed by atoms with Gasteiger partial charge >= 0.3 is 0 Å². The molecule has 2 N–H and O–H groups in total. The predicted molar refractivity (Wildman–Crippen MR) is 86.3 cm³/mol. The lowest BCUT2D eigenvalue weighted by Crippen LogP contribution is -2.29. The van der Waals surface area contributed by atoms with Gasteiger partial charge in [-0.3, -0.25) is 14.9 Å². The third-order valence-electron chi connectivity index (χ3n) is 4.27. The molecule has 1 amide bonds. The number of rotatable bonds is 4. The van der Waals surface area contributed by atoms with E-state index in [2.05, 4.69) is 20.5 Å². The Morgan fingerprint density at radius 2 is 2.30 bits per heavy atom. The van der Waals surface area contributed by atoms with Gasteiger partial charge in [0.2, 0.25) is 0 Å².